The zero-order chi connectivity index (χ0) is 13.7. The standard InChI is InChI=1S/C14H13ClN4/c15-13(8-9-18-19-14(16)17)12-7-3-5-10-4-1-2-6-11(10)12/h1-9H,(H4,16,17,19)/b13-8-,18-9+. The first-order valence-electron chi connectivity index (χ1n) is 5.64. The summed E-state index contributed by atoms with van der Waals surface area (Å²) in [5.74, 6) is -0.0917. The minimum absolute atomic E-state index is 0.0917. The maximum atomic E-state index is 6.26. The minimum Gasteiger partial charge on any atom is -0.369 e. The topological polar surface area (TPSA) is 76.8 Å². The first-order chi connectivity index (χ1) is 9.18. The summed E-state index contributed by atoms with van der Waals surface area (Å²) in [5.41, 5.74) is 11.3. The monoisotopic (exact) mass is 272 g/mol. The van der Waals surface area contributed by atoms with E-state index < -0.39 is 0 Å². The first kappa shape index (κ1) is 13.1. The Kier molecular flexibility index (Phi) is 4.15. The van der Waals surface area contributed by atoms with Crippen molar-refractivity contribution in [1.82, 2.24) is 0 Å². The Balaban J connectivity index is 2.36. The highest BCUT2D eigenvalue weighted by Crippen LogP contribution is 2.27. The molecule has 2 aromatic carbocycles. The lowest BCUT2D eigenvalue weighted by atomic mass is 10.0. The third-order valence-corrected chi connectivity index (χ3v) is 2.84. The van der Waals surface area contributed by atoms with Gasteiger partial charge in [0.05, 0.1) is 11.2 Å². The van der Waals surface area contributed by atoms with Crippen molar-refractivity contribution in [2.24, 2.45) is 21.7 Å². The molecule has 0 saturated heterocycles. The second-order valence-electron chi connectivity index (χ2n) is 3.83. The smallest absolute Gasteiger partial charge is 0.211 e. The van der Waals surface area contributed by atoms with Crippen LogP contribution in [0.2, 0.25) is 0 Å². The number of fused-ring (bicyclic) bond motifs is 1. The molecule has 0 amide bonds. The Morgan fingerprint density at radius 3 is 2.58 bits per heavy atom. The third-order valence-electron chi connectivity index (χ3n) is 2.51. The number of allylic oxidation sites excluding steroid dienone is 1. The Hall–Kier alpha value is -2.33. The molecule has 0 spiro atoms. The fourth-order valence-corrected chi connectivity index (χ4v) is 1.94. The lowest BCUT2D eigenvalue weighted by Gasteiger charge is -2.04. The van der Waals surface area contributed by atoms with Gasteiger partial charge in [0.25, 0.3) is 0 Å². The molecule has 0 atom stereocenters. The summed E-state index contributed by atoms with van der Waals surface area (Å²) in [6, 6.07) is 14.0. The molecule has 0 unspecified atom stereocenters. The summed E-state index contributed by atoms with van der Waals surface area (Å²) < 4.78 is 0. The van der Waals surface area contributed by atoms with Gasteiger partial charge < -0.3 is 11.5 Å². The van der Waals surface area contributed by atoms with Crippen LogP contribution in [-0.4, -0.2) is 12.2 Å². The molecule has 96 valence electrons. The molecular weight excluding hydrogens is 260 g/mol. The van der Waals surface area contributed by atoms with Crippen LogP contribution in [-0.2, 0) is 0 Å². The zero-order valence-electron chi connectivity index (χ0n) is 10.1. The van der Waals surface area contributed by atoms with E-state index in [1.54, 1.807) is 6.08 Å². The number of nitrogens with two attached hydrogens (primary N) is 2. The van der Waals surface area contributed by atoms with Crippen LogP contribution < -0.4 is 11.5 Å². The van der Waals surface area contributed by atoms with Crippen LogP contribution in [0.15, 0.2) is 58.7 Å². The lowest BCUT2D eigenvalue weighted by molar-refractivity contribution is 1.22. The van der Waals surface area contributed by atoms with Gasteiger partial charge in [0.15, 0.2) is 0 Å². The van der Waals surface area contributed by atoms with Crippen molar-refractivity contribution in [2.75, 3.05) is 0 Å². The van der Waals surface area contributed by atoms with E-state index in [0.29, 0.717) is 5.03 Å². The second-order valence-corrected chi connectivity index (χ2v) is 4.24. The molecule has 4 nitrogen and oxygen atoms in total. The maximum Gasteiger partial charge on any atom is 0.211 e. The summed E-state index contributed by atoms with van der Waals surface area (Å²) in [5, 5.41) is 9.95. The quantitative estimate of drug-likeness (QED) is 0.512. The van der Waals surface area contributed by atoms with Gasteiger partial charge in [-0.25, -0.2) is 0 Å². The molecule has 0 aromatic heterocycles. The second kappa shape index (κ2) is 6.02. The summed E-state index contributed by atoms with van der Waals surface area (Å²) in [6.45, 7) is 0. The van der Waals surface area contributed by atoms with Gasteiger partial charge in [-0.2, -0.15) is 5.10 Å². The van der Waals surface area contributed by atoms with Crippen LogP contribution >= 0.6 is 11.6 Å². The molecule has 2 aromatic rings. The fourth-order valence-electron chi connectivity index (χ4n) is 1.72. The Morgan fingerprint density at radius 2 is 1.79 bits per heavy atom. The Bertz CT molecular complexity index is 665. The average molecular weight is 273 g/mol. The summed E-state index contributed by atoms with van der Waals surface area (Å²) in [6.07, 6.45) is 3.10. The van der Waals surface area contributed by atoms with Gasteiger partial charge in [-0.1, -0.05) is 54.1 Å². The number of hydrogen-bond acceptors (Lipinski definition) is 2. The molecule has 0 aliphatic rings. The lowest BCUT2D eigenvalue weighted by Crippen LogP contribution is -2.21. The van der Waals surface area contributed by atoms with Gasteiger partial charge in [-0.05, 0) is 16.8 Å². The Morgan fingerprint density at radius 1 is 1.05 bits per heavy atom. The maximum absolute atomic E-state index is 6.26. The number of hydrogen-bond donors (Lipinski definition) is 2. The first-order valence-corrected chi connectivity index (χ1v) is 6.02. The number of rotatable bonds is 3. The molecule has 0 heterocycles. The number of benzene rings is 2. The van der Waals surface area contributed by atoms with Gasteiger partial charge in [0.1, 0.15) is 0 Å². The number of nitrogens with zero attached hydrogens (tertiary/aromatic N) is 2. The van der Waals surface area contributed by atoms with Gasteiger partial charge in [0, 0.05) is 5.56 Å². The highest BCUT2D eigenvalue weighted by Gasteiger charge is 2.02. The normalized spacial score (nSPS) is 11.9. The van der Waals surface area contributed by atoms with E-state index in [-0.39, 0.29) is 5.96 Å². The zero-order valence-corrected chi connectivity index (χ0v) is 10.9. The van der Waals surface area contributed by atoms with Crippen molar-refractivity contribution >= 4 is 39.6 Å². The van der Waals surface area contributed by atoms with Crippen LogP contribution in [0, 0.1) is 0 Å². The van der Waals surface area contributed by atoms with Crippen molar-refractivity contribution < 1.29 is 0 Å². The molecule has 0 saturated carbocycles. The summed E-state index contributed by atoms with van der Waals surface area (Å²) >= 11 is 6.26. The van der Waals surface area contributed by atoms with E-state index in [9.17, 15) is 0 Å². The molecule has 4 N–H and O–H groups in total. The van der Waals surface area contributed by atoms with E-state index >= 15 is 0 Å². The van der Waals surface area contributed by atoms with Crippen molar-refractivity contribution in [2.45, 2.75) is 0 Å². The van der Waals surface area contributed by atoms with Crippen molar-refractivity contribution in [3.63, 3.8) is 0 Å². The number of guanidine groups is 1. The molecule has 19 heavy (non-hydrogen) atoms. The molecule has 2 rings (SSSR count). The molecule has 0 bridgehead atoms. The van der Waals surface area contributed by atoms with E-state index in [1.165, 1.54) is 6.21 Å². The van der Waals surface area contributed by atoms with Gasteiger partial charge in [-0.15, -0.1) is 5.10 Å². The van der Waals surface area contributed by atoms with Crippen LogP contribution in [0.25, 0.3) is 15.8 Å². The van der Waals surface area contributed by atoms with Crippen LogP contribution in [0.5, 0.6) is 0 Å². The van der Waals surface area contributed by atoms with E-state index in [4.69, 9.17) is 23.1 Å². The molecule has 0 aliphatic carbocycles. The highest BCUT2D eigenvalue weighted by molar-refractivity contribution is 6.50. The van der Waals surface area contributed by atoms with Crippen LogP contribution in [0.4, 0.5) is 0 Å². The van der Waals surface area contributed by atoms with Gasteiger partial charge in [0.2, 0.25) is 5.96 Å². The molecule has 0 radical (unpaired) electrons. The predicted molar refractivity (Wildman–Crippen MR) is 82.1 cm³/mol. The minimum atomic E-state index is -0.0917. The third kappa shape index (κ3) is 3.33. The van der Waals surface area contributed by atoms with Crippen LogP contribution in [0.1, 0.15) is 5.56 Å². The summed E-state index contributed by atoms with van der Waals surface area (Å²) in [4.78, 5) is 0. The van der Waals surface area contributed by atoms with Crippen molar-refractivity contribution in [3.05, 3.63) is 54.1 Å². The molecule has 0 aliphatic heterocycles. The average Bonchev–Trinajstić information content (AvgIpc) is 2.42. The predicted octanol–water partition coefficient (Wildman–Crippen LogP) is 2.68. The van der Waals surface area contributed by atoms with E-state index in [1.807, 2.05) is 42.5 Å². The van der Waals surface area contributed by atoms with Gasteiger partial charge in [-0.3, -0.25) is 0 Å². The van der Waals surface area contributed by atoms with Crippen molar-refractivity contribution in [1.29, 1.82) is 0 Å². The molecule has 0 fully saturated rings. The number of halogens is 1. The molecule has 5 heteroatoms. The van der Waals surface area contributed by atoms with Gasteiger partial charge >= 0.3 is 0 Å². The SMILES string of the molecule is NC(N)=N/N=C/C=C(\Cl)c1cccc2ccccc12. The Labute approximate surface area is 116 Å². The molecular formula is C14H13ClN4. The largest absolute Gasteiger partial charge is 0.369 e. The van der Waals surface area contributed by atoms with E-state index in [2.05, 4.69) is 10.2 Å². The fraction of sp³-hybridized carbons (Fsp3) is 0. The summed E-state index contributed by atoms with van der Waals surface area (Å²) in [7, 11) is 0. The van der Waals surface area contributed by atoms with E-state index in [0.717, 1.165) is 16.3 Å². The van der Waals surface area contributed by atoms with Crippen molar-refractivity contribution in [3.8, 4) is 0 Å². The highest BCUT2D eigenvalue weighted by atomic mass is 35.5. The van der Waals surface area contributed by atoms with Crippen LogP contribution in [0.3, 0.4) is 0 Å².